The molecule has 0 bridgehead atoms. The first kappa shape index (κ1) is 14.7. The highest BCUT2D eigenvalue weighted by Crippen LogP contribution is 2.22. The van der Waals surface area contributed by atoms with E-state index in [0.717, 1.165) is 11.3 Å². The predicted molar refractivity (Wildman–Crippen MR) is 75.8 cm³/mol. The summed E-state index contributed by atoms with van der Waals surface area (Å²) in [5.74, 6) is 1.39. The molecule has 1 heterocycles. The Morgan fingerprint density at radius 2 is 1.94 bits per heavy atom. The molecule has 0 aliphatic heterocycles. The third-order valence-corrected chi connectivity index (χ3v) is 3.56. The van der Waals surface area contributed by atoms with Crippen LogP contribution in [0.2, 0.25) is 0 Å². The summed E-state index contributed by atoms with van der Waals surface area (Å²) < 4.78 is 5.47. The molecule has 0 saturated heterocycles. The van der Waals surface area contributed by atoms with Crippen LogP contribution in [0.3, 0.4) is 0 Å². The van der Waals surface area contributed by atoms with Gasteiger partial charge in [-0.2, -0.15) is 0 Å². The van der Waals surface area contributed by atoms with Crippen LogP contribution in [0.25, 0.3) is 0 Å². The highest BCUT2D eigenvalue weighted by atomic mass is 32.1. The molecule has 0 aromatic carbocycles. The van der Waals surface area contributed by atoms with E-state index in [1.807, 2.05) is 20.8 Å². The molecule has 0 aliphatic rings. The van der Waals surface area contributed by atoms with Crippen molar-refractivity contribution in [1.82, 2.24) is 4.90 Å². The molecule has 1 atom stereocenters. The molecule has 2 N–H and O–H groups in total. The van der Waals surface area contributed by atoms with E-state index < -0.39 is 0 Å². The van der Waals surface area contributed by atoms with Crippen molar-refractivity contribution in [2.45, 2.75) is 27.7 Å². The van der Waals surface area contributed by atoms with Crippen LogP contribution < -0.4 is 5.73 Å². The Kier molecular flexibility index (Phi) is 4.51. The van der Waals surface area contributed by atoms with Crippen molar-refractivity contribution in [3.8, 4) is 0 Å². The molecular weight excluding hydrogens is 248 g/mol. The van der Waals surface area contributed by atoms with E-state index in [1.54, 1.807) is 18.9 Å². The highest BCUT2D eigenvalue weighted by Gasteiger charge is 2.23. The molecule has 1 unspecified atom stereocenters. The molecular formula is C13H20N2O2S. The maximum Gasteiger partial charge on any atom is 0.257 e. The molecule has 5 heteroatoms. The van der Waals surface area contributed by atoms with Gasteiger partial charge in [0, 0.05) is 25.1 Å². The zero-order chi connectivity index (χ0) is 14.0. The Morgan fingerprint density at radius 3 is 2.33 bits per heavy atom. The Morgan fingerprint density at radius 1 is 1.39 bits per heavy atom. The average molecular weight is 268 g/mol. The lowest BCUT2D eigenvalue weighted by Gasteiger charge is -2.21. The number of carbonyl (C=O) groups is 1. The second kappa shape index (κ2) is 5.52. The third kappa shape index (κ3) is 2.90. The molecule has 1 amide bonds. The number of hydrogen-bond acceptors (Lipinski definition) is 3. The van der Waals surface area contributed by atoms with Crippen LogP contribution in [-0.2, 0) is 0 Å². The number of amides is 1. The number of thiocarbonyl (C=S) groups is 1. The monoisotopic (exact) mass is 268 g/mol. The molecule has 0 radical (unpaired) electrons. The van der Waals surface area contributed by atoms with E-state index in [4.69, 9.17) is 22.4 Å². The van der Waals surface area contributed by atoms with E-state index in [9.17, 15) is 4.79 Å². The minimum absolute atomic E-state index is 0.00237. The van der Waals surface area contributed by atoms with Gasteiger partial charge in [0.15, 0.2) is 0 Å². The van der Waals surface area contributed by atoms with Crippen molar-refractivity contribution in [2.75, 3.05) is 13.6 Å². The summed E-state index contributed by atoms with van der Waals surface area (Å²) in [6.07, 6.45) is 0. The fourth-order valence-corrected chi connectivity index (χ4v) is 1.96. The molecule has 1 rings (SSSR count). The van der Waals surface area contributed by atoms with E-state index in [-0.39, 0.29) is 11.8 Å². The Hall–Kier alpha value is -1.36. The van der Waals surface area contributed by atoms with Gasteiger partial charge in [-0.25, -0.2) is 0 Å². The molecule has 1 aromatic rings. The van der Waals surface area contributed by atoms with Crippen molar-refractivity contribution in [1.29, 1.82) is 0 Å². The number of rotatable bonds is 4. The topological polar surface area (TPSA) is 59.5 Å². The van der Waals surface area contributed by atoms with Gasteiger partial charge in [0.05, 0.1) is 10.6 Å². The number of furan rings is 1. The molecule has 1 aromatic heterocycles. The number of nitrogens with two attached hydrogens (primary N) is 1. The van der Waals surface area contributed by atoms with E-state index in [1.165, 1.54) is 0 Å². The van der Waals surface area contributed by atoms with Crippen LogP contribution in [0.5, 0.6) is 0 Å². The van der Waals surface area contributed by atoms with E-state index in [2.05, 4.69) is 0 Å². The summed E-state index contributed by atoms with van der Waals surface area (Å²) >= 11 is 4.92. The van der Waals surface area contributed by atoms with Gasteiger partial charge in [0.2, 0.25) is 0 Å². The van der Waals surface area contributed by atoms with Crippen molar-refractivity contribution in [3.63, 3.8) is 0 Å². The Bertz CT molecular complexity index is 480. The lowest BCUT2D eigenvalue weighted by atomic mass is 10.1. The summed E-state index contributed by atoms with van der Waals surface area (Å²) in [5, 5.41) is 0. The van der Waals surface area contributed by atoms with Crippen LogP contribution in [0.15, 0.2) is 4.42 Å². The Balaban J connectivity index is 2.90. The molecule has 0 fully saturated rings. The number of hydrogen-bond donors (Lipinski definition) is 1. The highest BCUT2D eigenvalue weighted by molar-refractivity contribution is 7.80. The lowest BCUT2D eigenvalue weighted by Crippen LogP contribution is -2.35. The maximum absolute atomic E-state index is 12.3. The number of carbonyl (C=O) groups excluding carboxylic acids is 1. The summed E-state index contributed by atoms with van der Waals surface area (Å²) in [5.41, 5.74) is 7.10. The quantitative estimate of drug-likeness (QED) is 0.850. The van der Waals surface area contributed by atoms with Crippen molar-refractivity contribution < 1.29 is 9.21 Å². The van der Waals surface area contributed by atoms with Crippen molar-refractivity contribution >= 4 is 23.1 Å². The summed E-state index contributed by atoms with van der Waals surface area (Å²) in [6, 6.07) is 0. The first-order chi connectivity index (χ1) is 8.25. The fraction of sp³-hybridized carbons (Fsp3) is 0.538. The Labute approximate surface area is 113 Å². The molecule has 100 valence electrons. The minimum Gasteiger partial charge on any atom is -0.466 e. The van der Waals surface area contributed by atoms with Crippen LogP contribution in [0.1, 0.15) is 34.4 Å². The first-order valence-corrected chi connectivity index (χ1v) is 6.27. The SMILES string of the molecule is Cc1oc(C)c(C(=O)N(C)CC(C)C(N)=S)c1C. The van der Waals surface area contributed by atoms with E-state index >= 15 is 0 Å². The van der Waals surface area contributed by atoms with Crippen LogP contribution in [0.4, 0.5) is 0 Å². The van der Waals surface area contributed by atoms with E-state index in [0.29, 0.717) is 22.9 Å². The van der Waals surface area contributed by atoms with Gasteiger partial charge < -0.3 is 15.1 Å². The fourth-order valence-electron chi connectivity index (χ4n) is 1.88. The van der Waals surface area contributed by atoms with Crippen molar-refractivity contribution in [2.24, 2.45) is 11.7 Å². The maximum atomic E-state index is 12.3. The third-order valence-electron chi connectivity index (χ3n) is 3.16. The zero-order valence-electron chi connectivity index (χ0n) is 11.5. The normalized spacial score (nSPS) is 12.3. The summed E-state index contributed by atoms with van der Waals surface area (Å²) in [7, 11) is 1.75. The lowest BCUT2D eigenvalue weighted by molar-refractivity contribution is 0.0784. The molecule has 0 saturated carbocycles. The second-order valence-electron chi connectivity index (χ2n) is 4.70. The number of aryl methyl sites for hydroxylation is 2. The molecule has 4 nitrogen and oxygen atoms in total. The van der Waals surface area contributed by atoms with Crippen LogP contribution >= 0.6 is 12.2 Å². The van der Waals surface area contributed by atoms with Gasteiger partial charge in [0.1, 0.15) is 11.5 Å². The van der Waals surface area contributed by atoms with Gasteiger partial charge in [-0.3, -0.25) is 4.79 Å². The van der Waals surface area contributed by atoms with Crippen molar-refractivity contribution in [3.05, 3.63) is 22.6 Å². The standard InChI is InChI=1S/C13H20N2O2S/c1-7(12(14)18)6-15(5)13(16)11-8(2)9(3)17-10(11)4/h7H,6H2,1-5H3,(H2,14,18). The predicted octanol–water partition coefficient (Wildman–Crippen LogP) is 2.20. The van der Waals surface area contributed by atoms with Gasteiger partial charge in [0.25, 0.3) is 5.91 Å². The first-order valence-electron chi connectivity index (χ1n) is 5.87. The van der Waals surface area contributed by atoms with Crippen LogP contribution in [0, 0.1) is 26.7 Å². The van der Waals surface area contributed by atoms with Crippen LogP contribution in [-0.4, -0.2) is 29.4 Å². The molecule has 0 spiro atoms. The van der Waals surface area contributed by atoms with Gasteiger partial charge in [-0.15, -0.1) is 0 Å². The largest absolute Gasteiger partial charge is 0.466 e. The van der Waals surface area contributed by atoms with Gasteiger partial charge in [-0.05, 0) is 20.8 Å². The minimum atomic E-state index is -0.0510. The number of nitrogens with zero attached hydrogens (tertiary/aromatic N) is 1. The second-order valence-corrected chi connectivity index (χ2v) is 5.17. The summed E-state index contributed by atoms with van der Waals surface area (Å²) in [6.45, 7) is 7.97. The average Bonchev–Trinajstić information content (AvgIpc) is 2.52. The summed E-state index contributed by atoms with van der Waals surface area (Å²) in [4.78, 5) is 14.4. The van der Waals surface area contributed by atoms with Gasteiger partial charge in [-0.1, -0.05) is 19.1 Å². The molecule has 18 heavy (non-hydrogen) atoms. The van der Waals surface area contributed by atoms with Gasteiger partial charge >= 0.3 is 0 Å². The molecule has 0 aliphatic carbocycles. The zero-order valence-corrected chi connectivity index (χ0v) is 12.4. The smallest absolute Gasteiger partial charge is 0.257 e.